The van der Waals surface area contributed by atoms with Gasteiger partial charge in [0.15, 0.2) is 57.1 Å². The van der Waals surface area contributed by atoms with E-state index in [-0.39, 0.29) is 100 Å². The molecule has 26 nitrogen and oxygen atoms in total. The number of fused-ring (bicyclic) bond motifs is 6. The first-order valence-electron chi connectivity index (χ1n) is 36.2. The zero-order chi connectivity index (χ0) is 82.0. The van der Waals surface area contributed by atoms with Gasteiger partial charge in [0.1, 0.15) is 55.4 Å². The van der Waals surface area contributed by atoms with Crippen molar-refractivity contribution in [2.45, 2.75) is 52.7 Å². The number of aromatic hydroxyl groups is 2. The second-order valence-electron chi connectivity index (χ2n) is 28.2. The van der Waals surface area contributed by atoms with Crippen LogP contribution in [0.4, 0.5) is 13.2 Å². The lowest BCUT2D eigenvalue weighted by Gasteiger charge is -2.31. The van der Waals surface area contributed by atoms with Gasteiger partial charge in [0, 0.05) is 128 Å². The van der Waals surface area contributed by atoms with E-state index in [4.69, 9.17) is 10.6 Å². The molecular formula is C83H81F3N15O11P3. The van der Waals surface area contributed by atoms with Gasteiger partial charge in [-0.25, -0.2) is 13.2 Å². The molecule has 6 aromatic heterocycles. The summed E-state index contributed by atoms with van der Waals surface area (Å²) in [5.41, 5.74) is 9.95. The molecule has 0 spiro atoms. The van der Waals surface area contributed by atoms with Crippen LogP contribution >= 0.6 is 21.4 Å². The van der Waals surface area contributed by atoms with Crippen LogP contribution < -0.4 is 48.4 Å². The van der Waals surface area contributed by atoms with Crippen LogP contribution in [-0.4, -0.2) is 149 Å². The Kier molecular flexibility index (Phi) is 25.0. The summed E-state index contributed by atoms with van der Waals surface area (Å²) in [6, 6.07) is 50.2. The zero-order valence-electron chi connectivity index (χ0n) is 63.7. The number of esters is 1. The molecule has 0 aliphatic carbocycles. The van der Waals surface area contributed by atoms with Crippen molar-refractivity contribution in [3.05, 3.63) is 285 Å². The number of benzene rings is 6. The van der Waals surface area contributed by atoms with E-state index >= 15 is 0 Å². The molecule has 0 saturated carbocycles. The molecular weight excluding hydrogens is 1530 g/mol. The van der Waals surface area contributed by atoms with E-state index in [0.29, 0.717) is 106 Å². The first kappa shape index (κ1) is 81.8. The van der Waals surface area contributed by atoms with Crippen molar-refractivity contribution < 1.29 is 65.8 Å². The SMILES string of the molecule is CC(=O)Oc1c2n(/c(=N/N)c3cccnc13)CCN(Cc1ccc(F)cc1)C2=O.CP(C)(=O)c1ccccc1/C=N/N=c1\c2cccnc2c(O)c2n1CCN(Cc1ccc(F)cc1)C2=O.CP(C)(=O)c1ccccc1C=O.CP(C)(=O)c1ccccc1CN/N=c1\c2cccnc2c(O)c2n1CCN(Cc1ccc(F)cc1)C2=O. The monoisotopic (exact) mass is 1610 g/mol. The Balaban J connectivity index is 0.000000149. The summed E-state index contributed by atoms with van der Waals surface area (Å²) in [6.07, 6.45) is 6.91. The summed E-state index contributed by atoms with van der Waals surface area (Å²) in [5, 5.41) is 43.2. The Bertz CT molecular complexity index is 6200. The highest BCUT2D eigenvalue weighted by molar-refractivity contribution is 7.71. The van der Waals surface area contributed by atoms with Gasteiger partial charge in [-0.15, -0.1) is 5.10 Å². The van der Waals surface area contributed by atoms with Gasteiger partial charge in [0.25, 0.3) is 17.7 Å². The van der Waals surface area contributed by atoms with Crippen molar-refractivity contribution in [3.63, 3.8) is 0 Å². The average Bonchev–Trinajstić information content (AvgIpc) is 0.752. The molecule has 3 amide bonds. The molecule has 590 valence electrons. The van der Waals surface area contributed by atoms with Gasteiger partial charge in [0.2, 0.25) is 0 Å². The van der Waals surface area contributed by atoms with E-state index in [0.717, 1.165) is 33.8 Å². The molecule has 9 heterocycles. The number of halogens is 3. The molecule has 0 atom stereocenters. The highest BCUT2D eigenvalue weighted by Gasteiger charge is 2.35. The lowest BCUT2D eigenvalue weighted by Crippen LogP contribution is -2.45. The lowest BCUT2D eigenvalue weighted by molar-refractivity contribution is -0.131. The van der Waals surface area contributed by atoms with Crippen molar-refractivity contribution in [2.75, 3.05) is 59.6 Å². The Labute approximate surface area is 658 Å². The van der Waals surface area contributed by atoms with Gasteiger partial charge in [0.05, 0.1) is 12.8 Å². The number of ether oxygens (including phenoxy) is 1. The summed E-state index contributed by atoms with van der Waals surface area (Å²) in [6.45, 7) is 14.9. The minimum atomic E-state index is -2.53. The van der Waals surface area contributed by atoms with Crippen molar-refractivity contribution >= 4 is 106 Å². The number of hydrogen-bond acceptors (Lipinski definition) is 20. The van der Waals surface area contributed by atoms with Gasteiger partial charge >= 0.3 is 5.97 Å². The summed E-state index contributed by atoms with van der Waals surface area (Å²) in [5.74, 6) is 2.57. The van der Waals surface area contributed by atoms with Crippen LogP contribution in [0.3, 0.4) is 0 Å². The molecule has 32 heteroatoms. The van der Waals surface area contributed by atoms with Crippen molar-refractivity contribution in [3.8, 4) is 17.2 Å². The summed E-state index contributed by atoms with van der Waals surface area (Å²) in [4.78, 5) is 80.3. The van der Waals surface area contributed by atoms with E-state index in [2.05, 4.69) is 40.8 Å². The summed E-state index contributed by atoms with van der Waals surface area (Å²) < 4.78 is 87.3. The number of carbonyl (C=O) groups is 5. The third-order valence-corrected chi connectivity index (χ3v) is 23.8. The molecule has 5 N–H and O–H groups in total. The molecule has 15 rings (SSSR count). The number of amides is 3. The van der Waals surface area contributed by atoms with Gasteiger partial charge in [-0.1, -0.05) is 109 Å². The van der Waals surface area contributed by atoms with E-state index in [9.17, 15) is 61.1 Å². The van der Waals surface area contributed by atoms with Crippen LogP contribution in [0.25, 0.3) is 32.7 Å². The number of pyridine rings is 6. The van der Waals surface area contributed by atoms with Gasteiger partial charge in [-0.3, -0.25) is 38.9 Å². The van der Waals surface area contributed by atoms with E-state index < -0.39 is 27.4 Å². The number of nitrogens with one attached hydrogen (secondary N) is 1. The summed E-state index contributed by atoms with van der Waals surface area (Å²) in [7, 11) is -7.32. The normalized spacial score (nSPS) is 14.0. The van der Waals surface area contributed by atoms with Gasteiger partial charge in [-0.05, 0) is 135 Å². The zero-order valence-corrected chi connectivity index (χ0v) is 66.4. The molecule has 3 aliphatic rings. The van der Waals surface area contributed by atoms with Crippen LogP contribution in [0.2, 0.25) is 0 Å². The fraction of sp³-hybridized carbons (Fsp3) is 0.205. The van der Waals surface area contributed by atoms with E-state index in [1.54, 1.807) is 178 Å². The maximum atomic E-state index is 13.5. The number of hydrogen-bond donors (Lipinski definition) is 4. The van der Waals surface area contributed by atoms with E-state index in [1.165, 1.54) is 55.7 Å². The maximum absolute atomic E-state index is 13.5. The highest BCUT2D eigenvalue weighted by atomic mass is 31.2. The van der Waals surface area contributed by atoms with Crippen molar-refractivity contribution in [1.29, 1.82) is 0 Å². The Hall–Kier alpha value is -12.7. The second-order valence-corrected chi connectivity index (χ2v) is 37.7. The van der Waals surface area contributed by atoms with Gasteiger partial charge in [-0.2, -0.15) is 15.3 Å². The van der Waals surface area contributed by atoms with Crippen LogP contribution in [0.15, 0.2) is 221 Å². The standard InChI is InChI=1S/C27H27FN5O3P.C27H25FN5O3P.C20H18FN5O3.C9H11O2P/c2*1-37(2,36)22-8-4-3-6-19(22)16-30-31-26-21-7-5-13-29-23(21)25(34)24-27(35)32(14-15-33(24)26)17-18-9-11-20(28)12-10-18;1-12(27)29-18-16-15(3-2-8-23-16)19(24-22)26-10-9-25(20(28)17(18)26)11-13-4-6-14(21)7-5-13;1-12(2,11)9-6-4-3-5-8(9)7-10/h3-13,30,34H,14-17H2,1-2H3;3-13,16,34H,14-15,17H2,1-2H3;2-8H,9-11,22H2,1H3;3-7H,1-2H3/b31-26+;30-16+,31-26+;24-19+;. The number of nitrogens with zero attached hydrogens (tertiary/aromatic N) is 13. The van der Waals surface area contributed by atoms with Crippen LogP contribution in [0, 0.1) is 17.5 Å². The lowest BCUT2D eigenvalue weighted by atomic mass is 10.1. The molecule has 0 bridgehead atoms. The third-order valence-electron chi connectivity index (χ3n) is 19.1. The number of nitrogens with two attached hydrogens (primary N) is 1. The fourth-order valence-electron chi connectivity index (χ4n) is 13.7. The number of aromatic nitrogens is 6. The quantitative estimate of drug-likeness (QED) is 0.0174. The minimum Gasteiger partial charge on any atom is -0.504 e. The third kappa shape index (κ3) is 18.5. The van der Waals surface area contributed by atoms with Crippen LogP contribution in [0.1, 0.15) is 76.6 Å². The topological polar surface area (TPSA) is 337 Å². The smallest absolute Gasteiger partial charge is 0.308 e. The molecule has 115 heavy (non-hydrogen) atoms. The largest absolute Gasteiger partial charge is 0.504 e. The Morgan fingerprint density at radius 3 is 1.31 bits per heavy atom. The molecule has 3 aliphatic heterocycles. The highest BCUT2D eigenvalue weighted by Crippen LogP contribution is 2.39. The van der Waals surface area contributed by atoms with Gasteiger partial charge < -0.3 is 68.3 Å². The maximum Gasteiger partial charge on any atom is 0.308 e. The molecule has 0 unspecified atom stereocenters. The molecule has 0 saturated heterocycles. The number of rotatable bonds is 16. The second kappa shape index (κ2) is 35.1. The summed E-state index contributed by atoms with van der Waals surface area (Å²) >= 11 is 0. The average molecular weight is 1610 g/mol. The first-order chi connectivity index (χ1) is 55.0. The predicted molar refractivity (Wildman–Crippen MR) is 435 cm³/mol. The fourth-order valence-corrected chi connectivity index (χ4v) is 17.4. The Morgan fingerprint density at radius 1 is 0.496 bits per heavy atom. The van der Waals surface area contributed by atoms with Crippen LogP contribution in [-0.2, 0) is 64.3 Å². The Morgan fingerprint density at radius 2 is 0.878 bits per heavy atom. The van der Waals surface area contributed by atoms with Crippen molar-refractivity contribution in [1.82, 2.24) is 48.8 Å². The van der Waals surface area contributed by atoms with Crippen molar-refractivity contribution in [2.24, 2.45) is 26.2 Å². The molecule has 12 aromatic rings. The minimum absolute atomic E-state index is 0.0699. The molecule has 0 fully saturated rings. The van der Waals surface area contributed by atoms with Crippen LogP contribution in [0.5, 0.6) is 17.2 Å². The predicted octanol–water partition coefficient (Wildman–Crippen LogP) is 10.4. The van der Waals surface area contributed by atoms with E-state index in [1.807, 2.05) is 48.5 Å². The molecule has 6 aromatic carbocycles. The number of aldehydes is 1. The number of carbonyl (C=O) groups excluding carboxylic acids is 5. The first-order valence-corrected chi connectivity index (χ1v) is 44.0. The molecule has 0 radical (unpaired) electrons.